The van der Waals surface area contributed by atoms with E-state index in [1.807, 2.05) is 11.3 Å². The summed E-state index contributed by atoms with van der Waals surface area (Å²) in [6.07, 6.45) is 1.09. The SMILES string of the molecule is Cc1ccc(C)c(C(C)NCCc2ccc(Br)s2)c1. The van der Waals surface area contributed by atoms with Crippen molar-refractivity contribution in [1.82, 2.24) is 5.32 Å². The molecule has 1 unspecified atom stereocenters. The molecule has 3 heteroatoms. The Labute approximate surface area is 128 Å². The van der Waals surface area contributed by atoms with Crippen molar-refractivity contribution in [1.29, 1.82) is 0 Å². The summed E-state index contributed by atoms with van der Waals surface area (Å²) in [6.45, 7) is 7.59. The molecule has 0 bridgehead atoms. The van der Waals surface area contributed by atoms with E-state index < -0.39 is 0 Å². The van der Waals surface area contributed by atoms with E-state index in [4.69, 9.17) is 0 Å². The molecule has 0 aliphatic rings. The first-order chi connectivity index (χ1) is 9.06. The second-order valence-corrected chi connectivity index (χ2v) is 7.54. The maximum Gasteiger partial charge on any atom is 0.0701 e. The Morgan fingerprint density at radius 1 is 1.21 bits per heavy atom. The lowest BCUT2D eigenvalue weighted by atomic mass is 10.00. The molecule has 1 nitrogen and oxygen atoms in total. The van der Waals surface area contributed by atoms with Crippen LogP contribution in [0.25, 0.3) is 0 Å². The first-order valence-electron chi connectivity index (χ1n) is 6.61. The average molecular weight is 338 g/mol. The summed E-state index contributed by atoms with van der Waals surface area (Å²) in [5.41, 5.74) is 4.10. The molecule has 1 heterocycles. The normalized spacial score (nSPS) is 12.6. The molecule has 0 aliphatic heterocycles. The smallest absolute Gasteiger partial charge is 0.0701 e. The van der Waals surface area contributed by atoms with Gasteiger partial charge in [0.25, 0.3) is 0 Å². The van der Waals surface area contributed by atoms with Crippen LogP contribution in [-0.2, 0) is 6.42 Å². The van der Waals surface area contributed by atoms with Crippen LogP contribution in [0.5, 0.6) is 0 Å². The quantitative estimate of drug-likeness (QED) is 0.807. The van der Waals surface area contributed by atoms with E-state index in [9.17, 15) is 0 Å². The Hall–Kier alpha value is -0.640. The molecule has 0 fully saturated rings. The van der Waals surface area contributed by atoms with Gasteiger partial charge in [-0.25, -0.2) is 0 Å². The van der Waals surface area contributed by atoms with Crippen LogP contribution in [0.4, 0.5) is 0 Å². The van der Waals surface area contributed by atoms with Crippen LogP contribution < -0.4 is 5.32 Å². The summed E-state index contributed by atoms with van der Waals surface area (Å²) in [5.74, 6) is 0. The zero-order chi connectivity index (χ0) is 13.8. The Balaban J connectivity index is 1.90. The highest BCUT2D eigenvalue weighted by molar-refractivity contribution is 9.11. The monoisotopic (exact) mass is 337 g/mol. The summed E-state index contributed by atoms with van der Waals surface area (Å²) in [6, 6.07) is 11.4. The van der Waals surface area contributed by atoms with E-state index in [2.05, 4.69) is 72.3 Å². The van der Waals surface area contributed by atoms with Crippen LogP contribution in [-0.4, -0.2) is 6.54 Å². The molecule has 0 radical (unpaired) electrons. The highest BCUT2D eigenvalue weighted by atomic mass is 79.9. The molecular formula is C16H20BrNS. The van der Waals surface area contributed by atoms with Crippen molar-refractivity contribution in [3.05, 3.63) is 55.7 Å². The van der Waals surface area contributed by atoms with Gasteiger partial charge < -0.3 is 5.32 Å². The Bertz CT molecular complexity index is 547. The number of benzene rings is 1. The van der Waals surface area contributed by atoms with Crippen molar-refractivity contribution in [2.75, 3.05) is 6.54 Å². The molecule has 0 spiro atoms. The van der Waals surface area contributed by atoms with Gasteiger partial charge in [-0.2, -0.15) is 0 Å². The maximum absolute atomic E-state index is 3.62. The molecule has 0 saturated carbocycles. The third kappa shape index (κ3) is 4.16. The summed E-state index contributed by atoms with van der Waals surface area (Å²) >= 11 is 5.32. The third-order valence-electron chi connectivity index (χ3n) is 3.35. The summed E-state index contributed by atoms with van der Waals surface area (Å²) in [4.78, 5) is 1.42. The van der Waals surface area contributed by atoms with Gasteiger partial charge >= 0.3 is 0 Å². The lowest BCUT2D eigenvalue weighted by Gasteiger charge is -2.17. The molecule has 0 amide bonds. The third-order valence-corrected chi connectivity index (χ3v) is 5.04. The van der Waals surface area contributed by atoms with E-state index in [0.29, 0.717) is 6.04 Å². The zero-order valence-electron chi connectivity index (χ0n) is 11.7. The fourth-order valence-electron chi connectivity index (χ4n) is 2.23. The molecule has 102 valence electrons. The highest BCUT2D eigenvalue weighted by Crippen LogP contribution is 2.23. The second-order valence-electron chi connectivity index (χ2n) is 4.99. The van der Waals surface area contributed by atoms with Crippen molar-refractivity contribution in [3.8, 4) is 0 Å². The van der Waals surface area contributed by atoms with E-state index in [-0.39, 0.29) is 0 Å². The number of hydrogen-bond acceptors (Lipinski definition) is 2. The maximum atomic E-state index is 3.62. The van der Waals surface area contributed by atoms with Gasteiger partial charge in [0.05, 0.1) is 3.79 Å². The number of hydrogen-bond donors (Lipinski definition) is 1. The predicted octanol–water partition coefficient (Wildman–Crippen LogP) is 5.02. The van der Waals surface area contributed by atoms with Gasteiger partial charge in [0.15, 0.2) is 0 Å². The van der Waals surface area contributed by atoms with Crippen LogP contribution in [0.2, 0.25) is 0 Å². The summed E-state index contributed by atoms with van der Waals surface area (Å²) < 4.78 is 1.21. The van der Waals surface area contributed by atoms with Gasteiger partial charge in [0.2, 0.25) is 0 Å². The molecule has 1 N–H and O–H groups in total. The molecule has 1 atom stereocenters. The van der Waals surface area contributed by atoms with Gasteiger partial charge in [-0.3, -0.25) is 0 Å². The number of thiophene rings is 1. The molecule has 1 aromatic carbocycles. The molecule has 19 heavy (non-hydrogen) atoms. The van der Waals surface area contributed by atoms with Gasteiger partial charge in [0.1, 0.15) is 0 Å². The Morgan fingerprint density at radius 3 is 2.68 bits per heavy atom. The lowest BCUT2D eigenvalue weighted by Crippen LogP contribution is -2.21. The van der Waals surface area contributed by atoms with Gasteiger partial charge in [-0.05, 0) is 66.4 Å². The predicted molar refractivity (Wildman–Crippen MR) is 88.1 cm³/mol. The van der Waals surface area contributed by atoms with E-state index in [0.717, 1.165) is 13.0 Å². The van der Waals surface area contributed by atoms with Crippen molar-refractivity contribution in [2.24, 2.45) is 0 Å². The summed E-state index contributed by atoms with van der Waals surface area (Å²) in [5, 5.41) is 3.62. The van der Waals surface area contributed by atoms with E-state index in [1.54, 1.807) is 0 Å². The molecule has 0 saturated heterocycles. The number of rotatable bonds is 5. The van der Waals surface area contributed by atoms with E-state index in [1.165, 1.54) is 25.4 Å². The molecule has 1 aromatic heterocycles. The first kappa shape index (κ1) is 14.8. The zero-order valence-corrected chi connectivity index (χ0v) is 14.1. The molecule has 2 aromatic rings. The molecule has 0 aliphatic carbocycles. The van der Waals surface area contributed by atoms with Crippen LogP contribution in [0.3, 0.4) is 0 Å². The van der Waals surface area contributed by atoms with Crippen molar-refractivity contribution < 1.29 is 0 Å². The van der Waals surface area contributed by atoms with Crippen molar-refractivity contribution in [2.45, 2.75) is 33.2 Å². The minimum Gasteiger partial charge on any atom is -0.310 e. The number of nitrogens with one attached hydrogen (secondary N) is 1. The average Bonchev–Trinajstić information content (AvgIpc) is 2.78. The summed E-state index contributed by atoms with van der Waals surface area (Å²) in [7, 11) is 0. The Kier molecular flexibility index (Phi) is 5.20. The second kappa shape index (κ2) is 6.69. The number of aryl methyl sites for hydroxylation is 2. The van der Waals surface area contributed by atoms with Crippen molar-refractivity contribution in [3.63, 3.8) is 0 Å². The first-order valence-corrected chi connectivity index (χ1v) is 8.22. The van der Waals surface area contributed by atoms with Crippen LogP contribution in [0.1, 0.15) is 34.5 Å². The molecular weight excluding hydrogens is 318 g/mol. The standard InChI is InChI=1S/C16H20BrNS/c1-11-4-5-12(2)15(10-11)13(3)18-9-8-14-6-7-16(17)19-14/h4-7,10,13,18H,8-9H2,1-3H3. The van der Waals surface area contributed by atoms with Gasteiger partial charge in [0, 0.05) is 17.5 Å². The van der Waals surface area contributed by atoms with Crippen LogP contribution in [0.15, 0.2) is 34.1 Å². The fraction of sp³-hybridized carbons (Fsp3) is 0.375. The van der Waals surface area contributed by atoms with Gasteiger partial charge in [-0.15, -0.1) is 11.3 Å². The van der Waals surface area contributed by atoms with Gasteiger partial charge in [-0.1, -0.05) is 23.8 Å². The largest absolute Gasteiger partial charge is 0.310 e. The van der Waals surface area contributed by atoms with Crippen LogP contribution in [0, 0.1) is 13.8 Å². The lowest BCUT2D eigenvalue weighted by molar-refractivity contribution is 0.576. The highest BCUT2D eigenvalue weighted by Gasteiger charge is 2.08. The number of halogens is 1. The fourth-order valence-corrected chi connectivity index (χ4v) is 3.72. The topological polar surface area (TPSA) is 12.0 Å². The molecule has 2 rings (SSSR count). The minimum absolute atomic E-state index is 0.406. The Morgan fingerprint density at radius 2 is 2.00 bits per heavy atom. The van der Waals surface area contributed by atoms with E-state index >= 15 is 0 Å². The van der Waals surface area contributed by atoms with Crippen LogP contribution >= 0.6 is 27.3 Å². The van der Waals surface area contributed by atoms with Crippen molar-refractivity contribution >= 4 is 27.3 Å². The minimum atomic E-state index is 0.406.